The summed E-state index contributed by atoms with van der Waals surface area (Å²) < 4.78 is 0. The lowest BCUT2D eigenvalue weighted by Gasteiger charge is -2.56. The second-order valence-electron chi connectivity index (χ2n) is 11.4. The molecule has 2 amide bonds. The van der Waals surface area contributed by atoms with E-state index in [-0.39, 0.29) is 30.5 Å². The van der Waals surface area contributed by atoms with E-state index in [1.165, 1.54) is 6.42 Å². The SMILES string of the molecule is CC(C)N1C(=O)[C@@]2(Cc3ccccc31)c1ccccc1C(=O)N(C1CCCCC1)[C@H]2c1ccc(CO)cc1. The minimum atomic E-state index is -0.957. The Labute approximate surface area is 225 Å². The summed E-state index contributed by atoms with van der Waals surface area (Å²) in [5, 5.41) is 9.73. The van der Waals surface area contributed by atoms with E-state index >= 15 is 4.79 Å². The number of anilines is 1. The van der Waals surface area contributed by atoms with E-state index < -0.39 is 11.5 Å². The Kier molecular flexibility index (Phi) is 6.35. The van der Waals surface area contributed by atoms with Crippen molar-refractivity contribution in [1.82, 2.24) is 4.90 Å². The van der Waals surface area contributed by atoms with Crippen molar-refractivity contribution < 1.29 is 14.7 Å². The molecule has 3 aromatic rings. The fourth-order valence-electron chi connectivity index (χ4n) is 7.22. The summed E-state index contributed by atoms with van der Waals surface area (Å²) in [4.78, 5) is 33.5. The summed E-state index contributed by atoms with van der Waals surface area (Å²) in [6, 6.07) is 23.5. The number of carbonyl (C=O) groups is 2. The van der Waals surface area contributed by atoms with Crippen molar-refractivity contribution in [2.75, 3.05) is 4.90 Å². The summed E-state index contributed by atoms with van der Waals surface area (Å²) in [5.74, 6) is 0.0836. The number of aliphatic hydroxyl groups excluding tert-OH is 1. The first-order chi connectivity index (χ1) is 18.5. The predicted octanol–water partition coefficient (Wildman–Crippen LogP) is 5.94. The van der Waals surface area contributed by atoms with E-state index in [9.17, 15) is 9.90 Å². The molecule has 38 heavy (non-hydrogen) atoms. The Morgan fingerprint density at radius 1 is 0.895 bits per heavy atom. The van der Waals surface area contributed by atoms with Gasteiger partial charge in [-0.05, 0) is 67.5 Å². The molecular weight excluding hydrogens is 472 g/mol. The van der Waals surface area contributed by atoms with Crippen molar-refractivity contribution in [3.8, 4) is 0 Å². The van der Waals surface area contributed by atoms with Gasteiger partial charge >= 0.3 is 0 Å². The van der Waals surface area contributed by atoms with Crippen LogP contribution in [0.5, 0.6) is 0 Å². The van der Waals surface area contributed by atoms with Crippen molar-refractivity contribution in [2.45, 2.75) is 82.5 Å². The molecule has 0 bridgehead atoms. The van der Waals surface area contributed by atoms with Gasteiger partial charge in [0.1, 0.15) is 5.41 Å². The molecule has 1 aliphatic carbocycles. The average Bonchev–Trinajstić information content (AvgIpc) is 2.95. The molecule has 0 unspecified atom stereocenters. The quantitative estimate of drug-likeness (QED) is 0.474. The number of fused-ring (bicyclic) bond motifs is 3. The zero-order chi connectivity index (χ0) is 26.4. The topological polar surface area (TPSA) is 60.9 Å². The third-order valence-corrected chi connectivity index (χ3v) is 8.90. The molecule has 2 heterocycles. The molecule has 0 saturated heterocycles. The molecule has 1 N–H and O–H groups in total. The van der Waals surface area contributed by atoms with Crippen LogP contribution in [0.15, 0.2) is 72.8 Å². The Balaban J connectivity index is 1.66. The molecule has 0 aromatic heterocycles. The fourth-order valence-corrected chi connectivity index (χ4v) is 7.22. The van der Waals surface area contributed by atoms with Crippen molar-refractivity contribution in [2.24, 2.45) is 0 Å². The molecule has 1 spiro atoms. The zero-order valence-electron chi connectivity index (χ0n) is 22.3. The van der Waals surface area contributed by atoms with Gasteiger partial charge in [0.25, 0.3) is 5.91 Å². The van der Waals surface area contributed by atoms with E-state index in [1.807, 2.05) is 71.6 Å². The number of amides is 2. The smallest absolute Gasteiger partial charge is 0.254 e. The number of benzene rings is 3. The number of aliphatic hydroxyl groups is 1. The van der Waals surface area contributed by atoms with E-state index in [1.54, 1.807) is 0 Å². The molecule has 2 atom stereocenters. The number of hydrogen-bond acceptors (Lipinski definition) is 3. The third kappa shape index (κ3) is 3.70. The van der Waals surface area contributed by atoms with Crippen LogP contribution in [-0.4, -0.2) is 33.9 Å². The summed E-state index contributed by atoms with van der Waals surface area (Å²) in [6.07, 6.45) is 5.80. The molecule has 6 rings (SSSR count). The molecule has 5 heteroatoms. The van der Waals surface area contributed by atoms with Crippen LogP contribution in [0, 0.1) is 0 Å². The zero-order valence-corrected chi connectivity index (χ0v) is 22.3. The van der Waals surface area contributed by atoms with E-state index in [0.717, 1.165) is 53.6 Å². The minimum absolute atomic E-state index is 0.0251. The normalized spacial score (nSPS) is 23.6. The molecule has 196 valence electrons. The van der Waals surface area contributed by atoms with Crippen LogP contribution in [-0.2, 0) is 23.2 Å². The number of nitrogens with zero attached hydrogens (tertiary/aromatic N) is 2. The highest BCUT2D eigenvalue weighted by molar-refractivity contribution is 6.10. The Hall–Kier alpha value is -3.44. The van der Waals surface area contributed by atoms with Gasteiger partial charge < -0.3 is 14.9 Å². The van der Waals surface area contributed by atoms with Crippen molar-refractivity contribution in [3.05, 3.63) is 101 Å². The van der Waals surface area contributed by atoms with Crippen LogP contribution in [0.25, 0.3) is 0 Å². The molecule has 1 fully saturated rings. The monoisotopic (exact) mass is 508 g/mol. The van der Waals surface area contributed by atoms with Gasteiger partial charge in [0.2, 0.25) is 5.91 Å². The predicted molar refractivity (Wildman–Crippen MR) is 149 cm³/mol. The molecule has 0 radical (unpaired) electrons. The Morgan fingerprint density at radius 2 is 1.58 bits per heavy atom. The number of hydrogen-bond donors (Lipinski definition) is 1. The van der Waals surface area contributed by atoms with Crippen molar-refractivity contribution >= 4 is 17.5 Å². The Bertz CT molecular complexity index is 1360. The summed E-state index contributed by atoms with van der Waals surface area (Å²) in [7, 11) is 0. The first-order valence-corrected chi connectivity index (χ1v) is 14.0. The van der Waals surface area contributed by atoms with Crippen LogP contribution in [0.4, 0.5) is 5.69 Å². The van der Waals surface area contributed by atoms with E-state index in [4.69, 9.17) is 0 Å². The van der Waals surface area contributed by atoms with E-state index in [2.05, 4.69) is 24.8 Å². The lowest BCUT2D eigenvalue weighted by molar-refractivity contribution is -0.128. The number of carbonyl (C=O) groups excluding carboxylic acids is 2. The standard InChI is InChI=1S/C33H36N2O3/c1-22(2)34-29-15-9-6-10-25(29)20-33(32(34)38)28-14-8-7-13-27(28)31(37)35(26-11-4-3-5-12-26)30(33)24-18-16-23(21-36)17-19-24/h6-10,13-19,22,26,30,36H,3-5,11-12,20-21H2,1-2H3/t30-,33-/m0/s1. The molecule has 3 aromatic carbocycles. The van der Waals surface area contributed by atoms with Gasteiger partial charge in [-0.2, -0.15) is 0 Å². The van der Waals surface area contributed by atoms with Crippen molar-refractivity contribution in [1.29, 1.82) is 0 Å². The Morgan fingerprint density at radius 3 is 2.29 bits per heavy atom. The molecule has 1 saturated carbocycles. The maximum absolute atomic E-state index is 15.1. The van der Waals surface area contributed by atoms with Gasteiger partial charge in [-0.3, -0.25) is 9.59 Å². The maximum atomic E-state index is 15.1. The number of para-hydroxylation sites is 1. The molecular formula is C33H36N2O3. The molecule has 5 nitrogen and oxygen atoms in total. The summed E-state index contributed by atoms with van der Waals surface area (Å²) >= 11 is 0. The first kappa shape index (κ1) is 24.9. The maximum Gasteiger partial charge on any atom is 0.254 e. The second kappa shape index (κ2) is 9.70. The summed E-state index contributed by atoms with van der Waals surface area (Å²) in [6.45, 7) is 4.09. The largest absolute Gasteiger partial charge is 0.392 e. The van der Waals surface area contributed by atoms with Crippen LogP contribution in [0.1, 0.15) is 84.6 Å². The van der Waals surface area contributed by atoms with Crippen LogP contribution < -0.4 is 4.90 Å². The highest BCUT2D eigenvalue weighted by Gasteiger charge is 2.60. The minimum Gasteiger partial charge on any atom is -0.392 e. The third-order valence-electron chi connectivity index (χ3n) is 8.90. The van der Waals surface area contributed by atoms with Gasteiger partial charge in [-0.15, -0.1) is 0 Å². The van der Waals surface area contributed by atoms with E-state index in [0.29, 0.717) is 12.0 Å². The molecule has 3 aliphatic rings. The molecule has 2 aliphatic heterocycles. The van der Waals surface area contributed by atoms with Gasteiger partial charge in [0.05, 0.1) is 12.6 Å². The fraction of sp³-hybridized carbons (Fsp3) is 0.394. The van der Waals surface area contributed by atoms with Gasteiger partial charge in [-0.25, -0.2) is 0 Å². The second-order valence-corrected chi connectivity index (χ2v) is 11.4. The highest BCUT2D eigenvalue weighted by atomic mass is 16.3. The lowest BCUT2D eigenvalue weighted by atomic mass is 9.60. The summed E-state index contributed by atoms with van der Waals surface area (Å²) in [5.41, 5.74) is 4.39. The first-order valence-electron chi connectivity index (χ1n) is 14.0. The average molecular weight is 509 g/mol. The van der Waals surface area contributed by atoms with Crippen LogP contribution >= 0.6 is 0 Å². The van der Waals surface area contributed by atoms with Gasteiger partial charge in [0, 0.05) is 23.3 Å². The number of rotatable bonds is 4. The van der Waals surface area contributed by atoms with Crippen LogP contribution in [0.2, 0.25) is 0 Å². The highest BCUT2D eigenvalue weighted by Crippen LogP contribution is 2.55. The van der Waals surface area contributed by atoms with Gasteiger partial charge in [-0.1, -0.05) is 79.9 Å². The lowest BCUT2D eigenvalue weighted by Crippen LogP contribution is -2.65. The van der Waals surface area contributed by atoms with Gasteiger partial charge in [0.15, 0.2) is 0 Å². The van der Waals surface area contributed by atoms with Crippen molar-refractivity contribution in [3.63, 3.8) is 0 Å². The van der Waals surface area contributed by atoms with Crippen LogP contribution in [0.3, 0.4) is 0 Å².